The number of likely N-dealkylation sites (N-methyl/N-ethyl adjacent to an activating group) is 1. The number of hydrogen-bond donors (Lipinski definition) is 1. The van der Waals surface area contributed by atoms with Crippen molar-refractivity contribution in [2.24, 2.45) is 0 Å². The molecule has 4 aromatic rings. The quantitative estimate of drug-likeness (QED) is 0.248. The lowest BCUT2D eigenvalue weighted by atomic mass is 10.0. The lowest BCUT2D eigenvalue weighted by Gasteiger charge is -2.23. The van der Waals surface area contributed by atoms with Crippen molar-refractivity contribution < 1.29 is 27.5 Å². The second-order valence-electron chi connectivity index (χ2n) is 9.70. The summed E-state index contributed by atoms with van der Waals surface area (Å²) in [6, 6.07) is 17.9. The fraction of sp³-hybridized carbons (Fsp3) is 0.219. The van der Waals surface area contributed by atoms with Crippen LogP contribution in [0.4, 0.5) is 18.9 Å². The highest BCUT2D eigenvalue weighted by atomic mass is 19.4. The minimum absolute atomic E-state index is 0.257. The highest BCUT2D eigenvalue weighted by molar-refractivity contribution is 5.99. The van der Waals surface area contributed by atoms with Crippen molar-refractivity contribution in [1.29, 1.82) is 0 Å². The van der Waals surface area contributed by atoms with E-state index in [0.717, 1.165) is 45.4 Å². The van der Waals surface area contributed by atoms with E-state index >= 15 is 0 Å². The molecule has 0 spiro atoms. The van der Waals surface area contributed by atoms with E-state index in [9.17, 15) is 22.8 Å². The van der Waals surface area contributed by atoms with E-state index < -0.39 is 17.6 Å². The first kappa shape index (κ1) is 29.3. The average Bonchev–Trinajstić information content (AvgIpc) is 2.94. The third-order valence-corrected chi connectivity index (χ3v) is 6.81. The van der Waals surface area contributed by atoms with E-state index in [1.165, 1.54) is 29.2 Å². The fourth-order valence-corrected chi connectivity index (χ4v) is 4.38. The Balaban J connectivity index is 1.39. The predicted molar refractivity (Wildman–Crippen MR) is 154 cm³/mol. The number of anilines is 1. The summed E-state index contributed by atoms with van der Waals surface area (Å²) in [5, 5.41) is 3.51. The van der Waals surface area contributed by atoms with E-state index in [-0.39, 0.29) is 19.1 Å². The number of fused-ring (bicyclic) bond motifs is 1. The maximum absolute atomic E-state index is 12.9. The molecule has 1 aromatic heterocycles. The van der Waals surface area contributed by atoms with Crippen molar-refractivity contribution in [2.75, 3.05) is 18.5 Å². The van der Waals surface area contributed by atoms with Crippen LogP contribution in [0.1, 0.15) is 33.5 Å². The molecular weight excluding hydrogens is 531 g/mol. The second kappa shape index (κ2) is 12.2. The fourth-order valence-electron chi connectivity index (χ4n) is 4.38. The lowest BCUT2D eigenvalue weighted by molar-refractivity contribution is -0.137. The number of aromatic nitrogens is 1. The normalized spacial score (nSPS) is 11.6. The first-order chi connectivity index (χ1) is 19.4. The number of nitrogens with zero attached hydrogens (tertiary/aromatic N) is 2. The molecule has 0 saturated carbocycles. The van der Waals surface area contributed by atoms with Gasteiger partial charge in [-0.25, -0.2) is 4.98 Å². The Labute approximate surface area is 236 Å². The molecule has 0 unspecified atom stereocenters. The standard InChI is InChI=1S/C32H30F3N3O3/c1-20-8-16-27(22(3)26(20)19-41-28-7-5-6-24-13-9-21(2)37-31(24)28)38(4)30(40)18-36-29(39)17-12-23-10-14-25(15-11-23)32(33,34)35/h5-17H,18-19H2,1-4H3,(H,36,39)/b17-12+. The largest absolute Gasteiger partial charge is 0.487 e. The van der Waals surface area contributed by atoms with E-state index in [1.54, 1.807) is 7.05 Å². The van der Waals surface area contributed by atoms with Crippen LogP contribution >= 0.6 is 0 Å². The summed E-state index contributed by atoms with van der Waals surface area (Å²) < 4.78 is 44.3. The van der Waals surface area contributed by atoms with Crippen LogP contribution in [-0.4, -0.2) is 30.4 Å². The van der Waals surface area contributed by atoms with Crippen LogP contribution in [0, 0.1) is 20.8 Å². The molecule has 0 aliphatic heterocycles. The highest BCUT2D eigenvalue weighted by Gasteiger charge is 2.29. The number of amides is 2. The van der Waals surface area contributed by atoms with Gasteiger partial charge in [-0.1, -0.05) is 36.4 Å². The molecule has 212 valence electrons. The zero-order valence-corrected chi connectivity index (χ0v) is 23.2. The van der Waals surface area contributed by atoms with Gasteiger partial charge in [0.25, 0.3) is 0 Å². The number of rotatable bonds is 8. The van der Waals surface area contributed by atoms with E-state index in [2.05, 4.69) is 10.3 Å². The molecule has 2 amide bonds. The molecule has 0 radical (unpaired) electrons. The van der Waals surface area contributed by atoms with Gasteiger partial charge in [0.2, 0.25) is 11.8 Å². The lowest BCUT2D eigenvalue weighted by Crippen LogP contribution is -2.38. The first-order valence-electron chi connectivity index (χ1n) is 12.9. The van der Waals surface area contributed by atoms with Gasteiger partial charge in [0.15, 0.2) is 0 Å². The van der Waals surface area contributed by atoms with Crippen LogP contribution in [-0.2, 0) is 22.4 Å². The summed E-state index contributed by atoms with van der Waals surface area (Å²) in [5.41, 5.74) is 4.85. The number of aryl methyl sites for hydroxylation is 2. The van der Waals surface area contributed by atoms with Gasteiger partial charge in [-0.05, 0) is 79.4 Å². The molecule has 0 aliphatic rings. The van der Waals surface area contributed by atoms with Crippen LogP contribution in [0.15, 0.2) is 72.8 Å². The average molecular weight is 562 g/mol. The summed E-state index contributed by atoms with van der Waals surface area (Å²) in [4.78, 5) is 31.2. The molecule has 9 heteroatoms. The summed E-state index contributed by atoms with van der Waals surface area (Å²) in [6.07, 6.45) is -1.87. The Bertz CT molecular complexity index is 1610. The van der Waals surface area contributed by atoms with Gasteiger partial charge >= 0.3 is 6.18 Å². The topological polar surface area (TPSA) is 71.5 Å². The van der Waals surface area contributed by atoms with Crippen molar-refractivity contribution in [3.8, 4) is 5.75 Å². The molecule has 4 rings (SSSR count). The Morgan fingerprint density at radius 3 is 2.41 bits per heavy atom. The van der Waals surface area contributed by atoms with E-state index in [4.69, 9.17) is 4.74 Å². The Kier molecular flexibility index (Phi) is 8.76. The maximum Gasteiger partial charge on any atom is 0.416 e. The smallest absolute Gasteiger partial charge is 0.416 e. The summed E-state index contributed by atoms with van der Waals surface area (Å²) in [5.74, 6) is -0.207. The Hall–Kier alpha value is -4.66. The molecule has 41 heavy (non-hydrogen) atoms. The third-order valence-electron chi connectivity index (χ3n) is 6.81. The second-order valence-corrected chi connectivity index (χ2v) is 9.70. The Morgan fingerprint density at radius 1 is 0.976 bits per heavy atom. The van der Waals surface area contributed by atoms with Crippen LogP contribution < -0.4 is 15.0 Å². The molecule has 1 N–H and O–H groups in total. The van der Waals surface area contributed by atoms with Crippen molar-refractivity contribution in [2.45, 2.75) is 33.6 Å². The van der Waals surface area contributed by atoms with Crippen molar-refractivity contribution in [3.63, 3.8) is 0 Å². The molecule has 0 fully saturated rings. The summed E-state index contributed by atoms with van der Waals surface area (Å²) >= 11 is 0. The number of ether oxygens (including phenoxy) is 1. The zero-order chi connectivity index (χ0) is 29.7. The first-order valence-corrected chi connectivity index (χ1v) is 12.9. The van der Waals surface area contributed by atoms with Gasteiger partial charge in [0, 0.05) is 29.9 Å². The zero-order valence-electron chi connectivity index (χ0n) is 23.2. The number of carbonyl (C=O) groups is 2. The van der Waals surface area contributed by atoms with Crippen LogP contribution in [0.3, 0.4) is 0 Å². The van der Waals surface area contributed by atoms with Gasteiger partial charge in [0.1, 0.15) is 17.9 Å². The van der Waals surface area contributed by atoms with Gasteiger partial charge in [-0.3, -0.25) is 9.59 Å². The third kappa shape index (κ3) is 7.11. The Morgan fingerprint density at radius 2 is 1.71 bits per heavy atom. The van der Waals surface area contributed by atoms with Crippen molar-refractivity contribution in [3.05, 3.63) is 106 Å². The molecule has 6 nitrogen and oxygen atoms in total. The number of alkyl halides is 3. The molecular formula is C32H30F3N3O3. The number of halogens is 3. The van der Waals surface area contributed by atoms with Gasteiger partial charge < -0.3 is 15.0 Å². The number of pyridine rings is 1. The molecule has 0 aliphatic carbocycles. The van der Waals surface area contributed by atoms with Gasteiger partial charge in [-0.2, -0.15) is 13.2 Å². The SMILES string of the molecule is Cc1ccc2cccc(OCc3c(C)ccc(N(C)C(=O)CNC(=O)/C=C/c4ccc(C(F)(F)F)cc4)c3C)c2n1. The van der Waals surface area contributed by atoms with E-state index in [1.807, 2.05) is 63.2 Å². The number of nitrogens with one attached hydrogen (secondary N) is 1. The van der Waals surface area contributed by atoms with E-state index in [0.29, 0.717) is 17.0 Å². The molecule has 0 saturated heterocycles. The molecule has 1 heterocycles. The minimum Gasteiger partial charge on any atom is -0.487 e. The van der Waals surface area contributed by atoms with Crippen LogP contribution in [0.5, 0.6) is 5.75 Å². The van der Waals surface area contributed by atoms with Crippen molar-refractivity contribution >= 4 is 34.5 Å². The highest BCUT2D eigenvalue weighted by Crippen LogP contribution is 2.30. The number of carbonyl (C=O) groups excluding carboxylic acids is 2. The summed E-state index contributed by atoms with van der Waals surface area (Å²) in [7, 11) is 1.63. The number of hydrogen-bond acceptors (Lipinski definition) is 4. The van der Waals surface area contributed by atoms with Gasteiger partial charge in [-0.15, -0.1) is 0 Å². The monoisotopic (exact) mass is 561 g/mol. The van der Waals surface area contributed by atoms with Crippen molar-refractivity contribution in [1.82, 2.24) is 10.3 Å². The molecule has 0 bridgehead atoms. The van der Waals surface area contributed by atoms with Crippen LogP contribution in [0.25, 0.3) is 17.0 Å². The number of benzene rings is 3. The minimum atomic E-state index is -4.43. The molecule has 0 atom stereocenters. The van der Waals surface area contributed by atoms with Crippen LogP contribution in [0.2, 0.25) is 0 Å². The predicted octanol–water partition coefficient (Wildman–Crippen LogP) is 6.55. The number of para-hydroxylation sites is 1. The molecule has 3 aromatic carbocycles. The maximum atomic E-state index is 12.9. The van der Waals surface area contributed by atoms with Gasteiger partial charge in [0.05, 0.1) is 12.1 Å². The summed E-state index contributed by atoms with van der Waals surface area (Å²) in [6.45, 7) is 5.85.